The van der Waals surface area contributed by atoms with E-state index in [4.69, 9.17) is 4.74 Å². The topological polar surface area (TPSA) is 41.6 Å². The van der Waals surface area contributed by atoms with E-state index in [0.717, 1.165) is 56.8 Å². The summed E-state index contributed by atoms with van der Waals surface area (Å²) in [7, 11) is 0. The maximum Gasteiger partial charge on any atom is 0.227 e. The minimum absolute atomic E-state index is 0.0724. The number of amides is 1. The van der Waals surface area contributed by atoms with Crippen molar-refractivity contribution in [2.75, 3.05) is 26.3 Å². The predicted molar refractivity (Wildman–Crippen MR) is 108 cm³/mol. The maximum absolute atomic E-state index is 12.7. The average molecular weight is 367 g/mol. The van der Waals surface area contributed by atoms with Crippen molar-refractivity contribution in [1.29, 1.82) is 0 Å². The molecule has 0 aliphatic carbocycles. The molecule has 1 atom stereocenters. The molecule has 4 nitrogen and oxygen atoms in total. The molecule has 1 fully saturated rings. The summed E-state index contributed by atoms with van der Waals surface area (Å²) in [6.45, 7) is 7.30. The average Bonchev–Trinajstić information content (AvgIpc) is 2.73. The molecular formula is C23H30N2O2. The van der Waals surface area contributed by atoms with Crippen LogP contribution in [0.2, 0.25) is 0 Å². The van der Waals surface area contributed by atoms with Crippen LogP contribution in [0, 0.1) is 0 Å². The Bertz CT molecular complexity index is 694. The van der Waals surface area contributed by atoms with Crippen LogP contribution in [0.25, 0.3) is 0 Å². The molecule has 144 valence electrons. The molecule has 4 heteroatoms. The number of benzene rings is 2. The lowest BCUT2D eigenvalue weighted by Crippen LogP contribution is -2.35. The Morgan fingerprint density at radius 2 is 1.70 bits per heavy atom. The first kappa shape index (κ1) is 19.6. The summed E-state index contributed by atoms with van der Waals surface area (Å²) in [6.07, 6.45) is 1.86. The van der Waals surface area contributed by atoms with Crippen molar-refractivity contribution in [3.63, 3.8) is 0 Å². The number of hydrogen-bond acceptors (Lipinski definition) is 3. The minimum atomic E-state index is -0.0724. The lowest BCUT2D eigenvalue weighted by molar-refractivity contribution is -0.122. The van der Waals surface area contributed by atoms with Crippen LogP contribution in [0.15, 0.2) is 54.6 Å². The van der Waals surface area contributed by atoms with Gasteiger partial charge in [-0.1, -0.05) is 67.9 Å². The number of rotatable bonds is 8. The Balaban J connectivity index is 1.53. The van der Waals surface area contributed by atoms with Crippen molar-refractivity contribution in [2.24, 2.45) is 0 Å². The van der Waals surface area contributed by atoms with Gasteiger partial charge in [-0.05, 0) is 23.1 Å². The SMILES string of the molecule is CCC[C@H](C(=O)NCc1ccc(CN2CCOCC2)cc1)c1ccccc1. The van der Waals surface area contributed by atoms with E-state index < -0.39 is 0 Å². The van der Waals surface area contributed by atoms with Gasteiger partial charge in [0.05, 0.1) is 19.1 Å². The van der Waals surface area contributed by atoms with E-state index >= 15 is 0 Å². The van der Waals surface area contributed by atoms with Crippen LogP contribution in [0.1, 0.15) is 42.4 Å². The molecular weight excluding hydrogens is 336 g/mol. The number of ether oxygens (including phenoxy) is 1. The largest absolute Gasteiger partial charge is 0.379 e. The Kier molecular flexibility index (Phi) is 7.43. The standard InChI is InChI=1S/C23H30N2O2/c1-2-6-22(21-7-4-3-5-8-21)23(26)24-17-19-9-11-20(12-10-19)18-25-13-15-27-16-14-25/h3-5,7-12,22H,2,6,13-18H2,1H3,(H,24,26)/t22-/m0/s1. The Labute approximate surface area is 162 Å². The monoisotopic (exact) mass is 366 g/mol. The van der Waals surface area contributed by atoms with E-state index in [0.29, 0.717) is 6.54 Å². The molecule has 3 rings (SSSR count). The second-order valence-corrected chi connectivity index (χ2v) is 7.17. The number of nitrogens with zero attached hydrogens (tertiary/aromatic N) is 1. The number of hydrogen-bond donors (Lipinski definition) is 1. The zero-order valence-electron chi connectivity index (χ0n) is 16.2. The molecule has 0 unspecified atom stereocenters. The molecule has 1 saturated heterocycles. The van der Waals surface area contributed by atoms with Gasteiger partial charge in [0.25, 0.3) is 0 Å². The highest BCUT2D eigenvalue weighted by Gasteiger charge is 2.19. The number of morpholine rings is 1. The van der Waals surface area contributed by atoms with Crippen molar-refractivity contribution < 1.29 is 9.53 Å². The molecule has 0 bridgehead atoms. The number of carbonyl (C=O) groups excluding carboxylic acids is 1. The molecule has 0 aromatic heterocycles. The molecule has 1 heterocycles. The van der Waals surface area contributed by atoms with Crippen LogP contribution >= 0.6 is 0 Å². The fourth-order valence-corrected chi connectivity index (χ4v) is 3.52. The number of nitrogens with one attached hydrogen (secondary N) is 1. The van der Waals surface area contributed by atoms with E-state index in [9.17, 15) is 4.79 Å². The van der Waals surface area contributed by atoms with Crippen LogP contribution in [0.5, 0.6) is 0 Å². The molecule has 2 aromatic carbocycles. The van der Waals surface area contributed by atoms with E-state index in [2.05, 4.69) is 41.4 Å². The second kappa shape index (κ2) is 10.2. The first-order chi connectivity index (χ1) is 13.3. The van der Waals surface area contributed by atoms with Gasteiger partial charge >= 0.3 is 0 Å². The highest BCUT2D eigenvalue weighted by atomic mass is 16.5. The lowest BCUT2D eigenvalue weighted by atomic mass is 9.93. The lowest BCUT2D eigenvalue weighted by Gasteiger charge is -2.26. The van der Waals surface area contributed by atoms with Crippen LogP contribution in [0.3, 0.4) is 0 Å². The van der Waals surface area contributed by atoms with Gasteiger partial charge in [0.2, 0.25) is 5.91 Å². The molecule has 1 aliphatic heterocycles. The summed E-state index contributed by atoms with van der Waals surface area (Å²) in [5, 5.41) is 3.12. The summed E-state index contributed by atoms with van der Waals surface area (Å²) < 4.78 is 5.40. The maximum atomic E-state index is 12.7. The Morgan fingerprint density at radius 1 is 1.04 bits per heavy atom. The van der Waals surface area contributed by atoms with Crippen molar-refractivity contribution in [2.45, 2.75) is 38.8 Å². The molecule has 0 radical (unpaired) electrons. The van der Waals surface area contributed by atoms with Gasteiger partial charge < -0.3 is 10.1 Å². The third-order valence-electron chi connectivity index (χ3n) is 5.10. The van der Waals surface area contributed by atoms with Gasteiger partial charge in [-0.15, -0.1) is 0 Å². The summed E-state index contributed by atoms with van der Waals surface area (Å²) in [6, 6.07) is 18.6. The van der Waals surface area contributed by atoms with Gasteiger partial charge in [0.1, 0.15) is 0 Å². The van der Waals surface area contributed by atoms with Crippen molar-refractivity contribution in [1.82, 2.24) is 10.2 Å². The third-order valence-corrected chi connectivity index (χ3v) is 5.10. The summed E-state index contributed by atoms with van der Waals surface area (Å²) in [5.41, 5.74) is 3.54. The number of carbonyl (C=O) groups is 1. The van der Waals surface area contributed by atoms with Crippen molar-refractivity contribution in [3.05, 3.63) is 71.3 Å². The summed E-state index contributed by atoms with van der Waals surface area (Å²) in [4.78, 5) is 15.1. The Hall–Kier alpha value is -2.17. The molecule has 1 N–H and O–H groups in total. The van der Waals surface area contributed by atoms with Crippen LogP contribution < -0.4 is 5.32 Å². The van der Waals surface area contributed by atoms with Gasteiger partial charge in [0, 0.05) is 26.2 Å². The fraction of sp³-hybridized carbons (Fsp3) is 0.435. The smallest absolute Gasteiger partial charge is 0.227 e. The van der Waals surface area contributed by atoms with E-state index in [1.807, 2.05) is 30.3 Å². The van der Waals surface area contributed by atoms with Crippen LogP contribution in [0.4, 0.5) is 0 Å². The first-order valence-corrected chi connectivity index (χ1v) is 9.97. The molecule has 0 saturated carbocycles. The normalized spacial score (nSPS) is 16.0. The van der Waals surface area contributed by atoms with E-state index in [1.54, 1.807) is 0 Å². The Morgan fingerprint density at radius 3 is 2.37 bits per heavy atom. The van der Waals surface area contributed by atoms with Crippen LogP contribution in [-0.4, -0.2) is 37.1 Å². The fourth-order valence-electron chi connectivity index (χ4n) is 3.52. The molecule has 0 spiro atoms. The second-order valence-electron chi connectivity index (χ2n) is 7.17. The minimum Gasteiger partial charge on any atom is -0.379 e. The van der Waals surface area contributed by atoms with Gasteiger partial charge in [-0.3, -0.25) is 9.69 Å². The summed E-state index contributed by atoms with van der Waals surface area (Å²) >= 11 is 0. The molecule has 1 amide bonds. The quantitative estimate of drug-likeness (QED) is 0.774. The van der Waals surface area contributed by atoms with Crippen molar-refractivity contribution >= 4 is 5.91 Å². The molecule has 2 aromatic rings. The van der Waals surface area contributed by atoms with E-state index in [1.165, 1.54) is 5.56 Å². The third kappa shape index (κ3) is 5.91. The first-order valence-electron chi connectivity index (χ1n) is 9.97. The van der Waals surface area contributed by atoms with Gasteiger partial charge in [0.15, 0.2) is 0 Å². The van der Waals surface area contributed by atoms with Crippen LogP contribution in [-0.2, 0) is 22.6 Å². The molecule has 27 heavy (non-hydrogen) atoms. The zero-order valence-corrected chi connectivity index (χ0v) is 16.2. The van der Waals surface area contributed by atoms with E-state index in [-0.39, 0.29) is 11.8 Å². The van der Waals surface area contributed by atoms with Gasteiger partial charge in [-0.2, -0.15) is 0 Å². The zero-order chi connectivity index (χ0) is 18.9. The summed E-state index contributed by atoms with van der Waals surface area (Å²) in [5.74, 6) is 0.0391. The highest BCUT2D eigenvalue weighted by molar-refractivity contribution is 5.83. The van der Waals surface area contributed by atoms with Crippen molar-refractivity contribution in [3.8, 4) is 0 Å². The molecule has 1 aliphatic rings. The highest BCUT2D eigenvalue weighted by Crippen LogP contribution is 2.21. The van der Waals surface area contributed by atoms with Gasteiger partial charge in [-0.25, -0.2) is 0 Å². The predicted octanol–water partition coefficient (Wildman–Crippen LogP) is 3.72.